The maximum Gasteiger partial charge on any atom is 0.306 e. The molecule has 0 saturated carbocycles. The minimum Gasteiger partial charge on any atom is -0.448 e. The molecule has 1 rings (SSSR count). The van der Waals surface area contributed by atoms with Gasteiger partial charge in [-0.15, -0.1) is 0 Å². The number of carbonyl (C=O) groups excluding carboxylic acids is 1. The Morgan fingerprint density at radius 2 is 2.25 bits per heavy atom. The molecule has 2 atom stereocenters. The van der Waals surface area contributed by atoms with Crippen molar-refractivity contribution in [3.63, 3.8) is 0 Å². The molecular formula is C11H22O4S. The van der Waals surface area contributed by atoms with Crippen LogP contribution in [-0.2, 0) is 18.5 Å². The van der Waals surface area contributed by atoms with E-state index in [2.05, 4.69) is 6.26 Å². The van der Waals surface area contributed by atoms with Gasteiger partial charge in [-0.2, -0.15) is 0 Å². The molecule has 0 aliphatic carbocycles. The summed E-state index contributed by atoms with van der Waals surface area (Å²) in [6, 6.07) is 0. The van der Waals surface area contributed by atoms with E-state index in [0.717, 1.165) is 25.2 Å². The van der Waals surface area contributed by atoms with Crippen molar-refractivity contribution in [2.45, 2.75) is 31.6 Å². The maximum atomic E-state index is 11.4. The van der Waals surface area contributed by atoms with Crippen LogP contribution in [0.1, 0.15) is 26.2 Å². The van der Waals surface area contributed by atoms with Crippen LogP contribution in [0.4, 0.5) is 0 Å². The topological polar surface area (TPSA) is 44.8 Å². The van der Waals surface area contributed by atoms with Gasteiger partial charge in [-0.1, -0.05) is 17.2 Å². The number of carbonyl (C=O) groups is 1. The number of hydrogen-bond donors (Lipinski definition) is 0. The second-order valence-electron chi connectivity index (χ2n) is 4.03. The second-order valence-corrected chi connectivity index (χ2v) is 7.35. The molecule has 2 unspecified atom stereocenters. The van der Waals surface area contributed by atoms with Crippen molar-refractivity contribution < 1.29 is 18.5 Å². The van der Waals surface area contributed by atoms with Crippen LogP contribution in [-0.4, -0.2) is 43.7 Å². The third-order valence-corrected chi connectivity index (χ3v) is 5.86. The predicted octanol–water partition coefficient (Wildman–Crippen LogP) is 2.07. The van der Waals surface area contributed by atoms with Gasteiger partial charge >= 0.3 is 5.97 Å². The van der Waals surface area contributed by atoms with Gasteiger partial charge in [0, 0.05) is 19.3 Å². The molecular weight excluding hydrogens is 228 g/mol. The molecule has 0 aromatic rings. The van der Waals surface area contributed by atoms with Gasteiger partial charge in [0.2, 0.25) is 0 Å². The van der Waals surface area contributed by atoms with Crippen molar-refractivity contribution in [1.82, 2.24) is 0 Å². The van der Waals surface area contributed by atoms with Crippen molar-refractivity contribution >= 4 is 16.3 Å². The Labute approximate surface area is 99.2 Å². The first-order chi connectivity index (χ1) is 7.62. The van der Waals surface area contributed by atoms with Crippen LogP contribution < -0.4 is 0 Å². The standard InChI is InChI=1S/C11H22O4S/c1-4-10(12)15-11(9-13-2)16(3)8-6-5-7-14-16/h11H,4-9H2,1-3H3. The highest BCUT2D eigenvalue weighted by Crippen LogP contribution is 2.53. The van der Waals surface area contributed by atoms with Crippen molar-refractivity contribution in [2.75, 3.05) is 32.3 Å². The lowest BCUT2D eigenvalue weighted by molar-refractivity contribution is -0.146. The first-order valence-electron chi connectivity index (χ1n) is 5.70. The number of methoxy groups -OCH3 is 1. The fraction of sp³-hybridized carbons (Fsp3) is 0.909. The summed E-state index contributed by atoms with van der Waals surface area (Å²) in [6.07, 6.45) is 4.73. The third-order valence-electron chi connectivity index (χ3n) is 2.71. The van der Waals surface area contributed by atoms with Crippen LogP contribution >= 0.6 is 10.3 Å². The predicted molar refractivity (Wildman–Crippen MR) is 65.6 cm³/mol. The maximum absolute atomic E-state index is 11.4. The van der Waals surface area contributed by atoms with Gasteiger partial charge in [-0.05, 0) is 19.1 Å². The van der Waals surface area contributed by atoms with Crippen LogP contribution in [0.5, 0.6) is 0 Å². The van der Waals surface area contributed by atoms with E-state index in [1.54, 1.807) is 14.0 Å². The monoisotopic (exact) mass is 250 g/mol. The Balaban J connectivity index is 2.62. The van der Waals surface area contributed by atoms with Gasteiger partial charge in [-0.3, -0.25) is 4.79 Å². The molecule has 4 nitrogen and oxygen atoms in total. The van der Waals surface area contributed by atoms with Gasteiger partial charge in [0.1, 0.15) is 0 Å². The highest BCUT2D eigenvalue weighted by Gasteiger charge is 2.34. The minimum atomic E-state index is -1.32. The van der Waals surface area contributed by atoms with Crippen LogP contribution in [0.2, 0.25) is 0 Å². The lowest BCUT2D eigenvalue weighted by Crippen LogP contribution is -2.33. The number of hydrogen-bond acceptors (Lipinski definition) is 4. The summed E-state index contributed by atoms with van der Waals surface area (Å²) < 4.78 is 16.4. The van der Waals surface area contributed by atoms with E-state index >= 15 is 0 Å². The molecule has 1 fully saturated rings. The van der Waals surface area contributed by atoms with Gasteiger partial charge < -0.3 is 13.7 Å². The Kier molecular flexibility index (Phi) is 5.58. The Hall–Kier alpha value is -0.260. The molecule has 0 amide bonds. The second kappa shape index (κ2) is 6.47. The van der Waals surface area contributed by atoms with E-state index in [1.807, 2.05) is 0 Å². The molecule has 0 spiro atoms. The quantitative estimate of drug-likeness (QED) is 0.701. The van der Waals surface area contributed by atoms with Crippen LogP contribution in [0.25, 0.3) is 0 Å². The average Bonchev–Trinajstić information content (AvgIpc) is 2.29. The first-order valence-corrected chi connectivity index (χ1v) is 7.90. The summed E-state index contributed by atoms with van der Waals surface area (Å²) in [5.41, 5.74) is -0.217. The number of esters is 1. The highest BCUT2D eigenvalue weighted by atomic mass is 32.3. The molecule has 1 aliphatic rings. The summed E-state index contributed by atoms with van der Waals surface area (Å²) >= 11 is 0. The molecule has 0 aromatic heterocycles. The molecule has 16 heavy (non-hydrogen) atoms. The first kappa shape index (κ1) is 13.8. The summed E-state index contributed by atoms with van der Waals surface area (Å²) in [7, 11) is 0.307. The molecule has 0 aromatic carbocycles. The Morgan fingerprint density at radius 1 is 1.50 bits per heavy atom. The summed E-state index contributed by atoms with van der Waals surface area (Å²) in [6.45, 7) is 3.00. The fourth-order valence-corrected chi connectivity index (χ4v) is 4.20. The normalized spacial score (nSPS) is 31.4. The molecule has 0 bridgehead atoms. The zero-order chi connectivity index (χ0) is 12.0. The number of ether oxygens (including phenoxy) is 2. The van der Waals surface area contributed by atoms with E-state index < -0.39 is 10.3 Å². The van der Waals surface area contributed by atoms with E-state index in [0.29, 0.717) is 13.0 Å². The smallest absolute Gasteiger partial charge is 0.306 e. The molecule has 5 heteroatoms. The summed E-state index contributed by atoms with van der Waals surface area (Å²) in [5, 5.41) is 0. The third kappa shape index (κ3) is 3.64. The van der Waals surface area contributed by atoms with Crippen LogP contribution in [0.3, 0.4) is 0 Å². The largest absolute Gasteiger partial charge is 0.448 e. The highest BCUT2D eigenvalue weighted by molar-refractivity contribution is 8.29. The minimum absolute atomic E-state index is 0.176. The summed E-state index contributed by atoms with van der Waals surface area (Å²) in [5.74, 6) is 0.822. The summed E-state index contributed by atoms with van der Waals surface area (Å²) in [4.78, 5) is 11.4. The SMILES string of the molecule is CCC(=O)OC(COC)S1(C)CCCCO1. The lowest BCUT2D eigenvalue weighted by atomic mass is 10.4. The average molecular weight is 250 g/mol. The Morgan fingerprint density at radius 3 is 2.75 bits per heavy atom. The van der Waals surface area contributed by atoms with E-state index in [4.69, 9.17) is 13.7 Å². The van der Waals surface area contributed by atoms with Crippen LogP contribution in [0.15, 0.2) is 0 Å². The van der Waals surface area contributed by atoms with Crippen LogP contribution in [0, 0.1) is 0 Å². The zero-order valence-electron chi connectivity index (χ0n) is 10.4. The molecule has 0 N–H and O–H groups in total. The zero-order valence-corrected chi connectivity index (χ0v) is 11.2. The molecule has 1 aliphatic heterocycles. The number of rotatable bonds is 5. The van der Waals surface area contributed by atoms with Gasteiger partial charge in [-0.25, -0.2) is 0 Å². The van der Waals surface area contributed by atoms with E-state index in [-0.39, 0.29) is 11.4 Å². The van der Waals surface area contributed by atoms with Crippen molar-refractivity contribution in [3.8, 4) is 0 Å². The fourth-order valence-electron chi connectivity index (χ4n) is 1.65. The Bertz CT molecular complexity index is 226. The van der Waals surface area contributed by atoms with Gasteiger partial charge in [0.05, 0.1) is 13.2 Å². The molecule has 0 radical (unpaired) electrons. The molecule has 96 valence electrons. The van der Waals surface area contributed by atoms with Crippen molar-refractivity contribution in [1.29, 1.82) is 0 Å². The van der Waals surface area contributed by atoms with Gasteiger partial charge in [0.15, 0.2) is 5.44 Å². The van der Waals surface area contributed by atoms with Gasteiger partial charge in [0.25, 0.3) is 0 Å². The molecule has 1 heterocycles. The lowest BCUT2D eigenvalue weighted by Gasteiger charge is -2.43. The molecule has 1 saturated heterocycles. The van der Waals surface area contributed by atoms with Crippen molar-refractivity contribution in [2.24, 2.45) is 0 Å². The van der Waals surface area contributed by atoms with E-state index in [9.17, 15) is 4.79 Å². The van der Waals surface area contributed by atoms with Crippen molar-refractivity contribution in [3.05, 3.63) is 0 Å². The van der Waals surface area contributed by atoms with E-state index in [1.165, 1.54) is 0 Å².